The van der Waals surface area contributed by atoms with Crippen LogP contribution in [-0.4, -0.2) is 63.9 Å². The molecule has 1 aromatic heterocycles. The van der Waals surface area contributed by atoms with E-state index in [2.05, 4.69) is 27.0 Å². The van der Waals surface area contributed by atoms with Crippen molar-refractivity contribution in [2.75, 3.05) is 25.6 Å². The van der Waals surface area contributed by atoms with Crippen molar-refractivity contribution in [2.24, 2.45) is 0 Å². The van der Waals surface area contributed by atoms with Crippen molar-refractivity contribution in [3.8, 4) is 11.8 Å². The molecule has 1 fully saturated rings. The number of hydrogen-bond donors (Lipinski definition) is 4. The minimum Gasteiger partial charge on any atom is -0.382 e. The van der Waals surface area contributed by atoms with Crippen molar-refractivity contribution in [1.29, 1.82) is 0 Å². The third kappa shape index (κ3) is 7.06. The molecule has 2 aromatic rings. The Bertz CT molecular complexity index is 1250. The summed E-state index contributed by atoms with van der Waals surface area (Å²) >= 11 is 0. The van der Waals surface area contributed by atoms with Gasteiger partial charge < -0.3 is 25.2 Å². The fourth-order valence-corrected chi connectivity index (χ4v) is 4.04. The van der Waals surface area contributed by atoms with E-state index < -0.39 is 37.6 Å². The molecule has 0 bridgehead atoms. The van der Waals surface area contributed by atoms with Crippen LogP contribution in [0.5, 0.6) is 0 Å². The van der Waals surface area contributed by atoms with Gasteiger partial charge in [-0.3, -0.25) is 24.0 Å². The van der Waals surface area contributed by atoms with E-state index in [4.69, 9.17) is 20.3 Å². The number of rotatable bonds is 8. The van der Waals surface area contributed by atoms with Crippen LogP contribution in [0.25, 0.3) is 0 Å². The highest BCUT2D eigenvalue weighted by atomic mass is 31.2. The van der Waals surface area contributed by atoms with Crippen LogP contribution in [0.2, 0.25) is 0 Å². The van der Waals surface area contributed by atoms with E-state index in [0.29, 0.717) is 17.4 Å². The van der Waals surface area contributed by atoms with Gasteiger partial charge in [0.15, 0.2) is 0 Å². The van der Waals surface area contributed by atoms with Gasteiger partial charge in [-0.05, 0) is 12.1 Å². The van der Waals surface area contributed by atoms with Crippen LogP contribution in [0.3, 0.4) is 0 Å². The molecule has 35 heavy (non-hydrogen) atoms. The van der Waals surface area contributed by atoms with Gasteiger partial charge in [-0.2, -0.15) is 4.98 Å². The summed E-state index contributed by atoms with van der Waals surface area (Å²) < 4.78 is 23.5. The van der Waals surface area contributed by atoms with Crippen molar-refractivity contribution in [3.63, 3.8) is 0 Å². The topological polar surface area (TPSA) is 192 Å². The first-order valence-corrected chi connectivity index (χ1v) is 12.2. The maximum Gasteiger partial charge on any atom is 0.351 e. The Kier molecular flexibility index (Phi) is 8.52. The number of nitrogen functional groups attached to an aromatic ring is 1. The molecule has 4 unspecified atom stereocenters. The molecule has 4 atom stereocenters. The van der Waals surface area contributed by atoms with Gasteiger partial charge in [0.2, 0.25) is 0 Å². The zero-order valence-electron chi connectivity index (χ0n) is 18.5. The molecule has 3 rings (SSSR count). The third-order valence-electron chi connectivity index (χ3n) is 4.91. The van der Waals surface area contributed by atoms with Gasteiger partial charge >= 0.3 is 13.3 Å². The molecule has 0 spiro atoms. The van der Waals surface area contributed by atoms with Gasteiger partial charge in [-0.15, -0.1) is 0 Å². The van der Waals surface area contributed by atoms with E-state index in [1.807, 2.05) is 0 Å². The molecule has 5 N–H and O–H groups in total. The fourth-order valence-electron chi connectivity index (χ4n) is 3.32. The van der Waals surface area contributed by atoms with E-state index in [1.54, 1.807) is 0 Å². The Labute approximate surface area is 199 Å². The maximum atomic E-state index is 12.4. The van der Waals surface area contributed by atoms with E-state index in [1.165, 1.54) is 30.5 Å². The van der Waals surface area contributed by atoms with Gasteiger partial charge in [-0.1, -0.05) is 24.0 Å². The summed E-state index contributed by atoms with van der Waals surface area (Å²) in [6.45, 7) is 0.601. The van der Waals surface area contributed by atoms with Crippen molar-refractivity contribution in [3.05, 3.63) is 57.6 Å². The predicted molar refractivity (Wildman–Crippen MR) is 122 cm³/mol. The van der Waals surface area contributed by atoms with Crippen LogP contribution >= 0.6 is 7.60 Å². The average Bonchev–Trinajstić information content (AvgIpc) is 3.18. The molecule has 0 saturated carbocycles. The lowest BCUT2D eigenvalue weighted by molar-refractivity contribution is -0.264. The molecule has 0 aliphatic carbocycles. The zero-order chi connectivity index (χ0) is 25.6. The molecule has 1 aliphatic heterocycles. The fraction of sp³-hybridized carbons (Fsp3) is 0.333. The maximum absolute atomic E-state index is 12.4. The molecule has 0 radical (unpaired) electrons. The highest BCUT2D eigenvalue weighted by Gasteiger charge is 2.40. The number of nitrogens with zero attached hydrogens (tertiary/aromatic N) is 2. The summed E-state index contributed by atoms with van der Waals surface area (Å²) in [5, 5.41) is 11.4. The van der Waals surface area contributed by atoms with E-state index in [0.717, 1.165) is 11.2 Å². The first-order chi connectivity index (χ1) is 16.6. The molecule has 1 amide bonds. The predicted octanol–water partition coefficient (Wildman–Crippen LogP) is 0.397. The van der Waals surface area contributed by atoms with E-state index in [9.17, 15) is 23.8 Å². The summed E-state index contributed by atoms with van der Waals surface area (Å²) in [7, 11) is -3.89. The quantitative estimate of drug-likeness (QED) is 0.127. The zero-order valence-corrected chi connectivity index (χ0v) is 19.4. The number of aldehydes is 1. The van der Waals surface area contributed by atoms with E-state index >= 15 is 0 Å². The van der Waals surface area contributed by atoms with Gasteiger partial charge in [0, 0.05) is 30.4 Å². The number of carbonyl (C=O) groups excluding carboxylic acids is 2. The number of aromatic nitrogens is 2. The SMILES string of the molecule is CP(=O)(O)OC1CC(n2cc(C#CCNC(=O)c3ccc(C=O)cc3)c(N)nc2=O)OC1COO. The monoisotopic (exact) mass is 506 g/mol. The normalized spacial score (nSPS) is 20.9. The number of hydrogen-bond acceptors (Lipinski definition) is 10. The highest BCUT2D eigenvalue weighted by molar-refractivity contribution is 7.51. The number of benzene rings is 1. The summed E-state index contributed by atoms with van der Waals surface area (Å²) in [6, 6.07) is 6.04. The van der Waals surface area contributed by atoms with Gasteiger partial charge in [0.25, 0.3) is 5.91 Å². The Morgan fingerprint density at radius 1 is 1.43 bits per heavy atom. The third-order valence-corrected chi connectivity index (χ3v) is 5.57. The smallest absolute Gasteiger partial charge is 0.351 e. The van der Waals surface area contributed by atoms with Crippen molar-refractivity contribution >= 4 is 25.6 Å². The lowest BCUT2D eigenvalue weighted by atomic mass is 10.1. The summed E-state index contributed by atoms with van der Waals surface area (Å²) in [6.07, 6.45) is -0.857. The van der Waals surface area contributed by atoms with Gasteiger partial charge in [0.1, 0.15) is 37.1 Å². The van der Waals surface area contributed by atoms with Crippen LogP contribution in [0.15, 0.2) is 35.3 Å². The highest BCUT2D eigenvalue weighted by Crippen LogP contribution is 2.43. The van der Waals surface area contributed by atoms with E-state index in [-0.39, 0.29) is 31.0 Å². The van der Waals surface area contributed by atoms with Crippen LogP contribution in [0.4, 0.5) is 5.82 Å². The molecule has 1 saturated heterocycles. The first kappa shape index (κ1) is 26.2. The second-order valence-electron chi connectivity index (χ2n) is 7.56. The molecule has 186 valence electrons. The van der Waals surface area contributed by atoms with Crippen LogP contribution in [-0.2, 0) is 18.7 Å². The van der Waals surface area contributed by atoms with Crippen molar-refractivity contribution in [2.45, 2.75) is 24.9 Å². The first-order valence-electron chi connectivity index (χ1n) is 10.2. The average molecular weight is 506 g/mol. The molecule has 2 heterocycles. The lowest BCUT2D eigenvalue weighted by Crippen LogP contribution is -2.29. The number of carbonyl (C=O) groups is 2. The Morgan fingerprint density at radius 3 is 2.77 bits per heavy atom. The second-order valence-corrected chi connectivity index (χ2v) is 9.38. The largest absolute Gasteiger partial charge is 0.382 e. The van der Waals surface area contributed by atoms with Crippen molar-refractivity contribution < 1.29 is 38.5 Å². The number of nitrogens with two attached hydrogens (primary N) is 1. The standard InChI is InChI=1S/C21H23N4O9P/c1-35(30,31)34-16-9-18(33-17(16)12-32-29)25-10-15(19(22)24-21(25)28)3-2-8-23-20(27)14-6-4-13(11-26)5-7-14/h4-7,10-11,16-18,29H,8-9,12H2,1H3,(H,23,27)(H,30,31)(H2,22,24,28). The second kappa shape index (κ2) is 11.4. The minimum atomic E-state index is -3.89. The molecule has 13 nitrogen and oxygen atoms in total. The van der Waals surface area contributed by atoms with Crippen LogP contribution in [0, 0.1) is 11.8 Å². The number of ether oxygens (including phenoxy) is 1. The van der Waals surface area contributed by atoms with Crippen LogP contribution in [0.1, 0.15) is 38.9 Å². The molecule has 14 heteroatoms. The lowest BCUT2D eigenvalue weighted by Gasteiger charge is -2.18. The molecular formula is C21H23N4O9P. The van der Waals surface area contributed by atoms with Gasteiger partial charge in [0.05, 0.1) is 12.1 Å². The number of amides is 1. The Morgan fingerprint density at radius 2 is 2.14 bits per heavy atom. The summed E-state index contributed by atoms with van der Waals surface area (Å²) in [5.74, 6) is 4.90. The van der Waals surface area contributed by atoms with Crippen molar-refractivity contribution in [1.82, 2.24) is 14.9 Å². The summed E-state index contributed by atoms with van der Waals surface area (Å²) in [4.78, 5) is 52.6. The molecule has 1 aromatic carbocycles. The minimum absolute atomic E-state index is 0.0102. The number of anilines is 1. The Hall–Kier alpha value is -3.37. The Balaban J connectivity index is 1.72. The number of nitrogens with one attached hydrogen (secondary N) is 1. The van der Waals surface area contributed by atoms with Crippen LogP contribution < -0.4 is 16.7 Å². The molecule has 1 aliphatic rings. The molecular weight excluding hydrogens is 483 g/mol. The summed E-state index contributed by atoms with van der Waals surface area (Å²) in [5.41, 5.74) is 6.03. The van der Waals surface area contributed by atoms with Gasteiger partial charge in [-0.25, -0.2) is 9.68 Å².